The molecule has 0 spiro atoms. The van der Waals surface area contributed by atoms with Gasteiger partial charge in [-0.25, -0.2) is 13.4 Å². The Kier molecular flexibility index (Phi) is 6.90. The molecule has 1 aliphatic heterocycles. The Labute approximate surface area is 208 Å². The van der Waals surface area contributed by atoms with Gasteiger partial charge in [-0.1, -0.05) is 62.0 Å². The molecule has 184 valence electrons. The van der Waals surface area contributed by atoms with Crippen LogP contribution in [0, 0.1) is 6.92 Å². The number of hydrogen-bond acceptors (Lipinski definition) is 5. The number of allylic oxidation sites excluding steroid dienone is 1. The molecular weight excluding hydrogens is 458 g/mol. The van der Waals surface area contributed by atoms with Crippen molar-refractivity contribution in [2.45, 2.75) is 57.0 Å². The third kappa shape index (κ3) is 4.78. The number of aliphatic hydroxyl groups is 1. The molecule has 2 aromatic carbocycles. The first-order valence-electron chi connectivity index (χ1n) is 11.9. The summed E-state index contributed by atoms with van der Waals surface area (Å²) in [4.78, 5) is 7.30. The lowest BCUT2D eigenvalue weighted by Gasteiger charge is -2.40. The van der Waals surface area contributed by atoms with Gasteiger partial charge in [0.15, 0.2) is 0 Å². The zero-order valence-corrected chi connectivity index (χ0v) is 21.4. The van der Waals surface area contributed by atoms with Crippen LogP contribution in [0.2, 0.25) is 0 Å². The van der Waals surface area contributed by atoms with Gasteiger partial charge in [0.1, 0.15) is 11.6 Å². The second kappa shape index (κ2) is 9.74. The van der Waals surface area contributed by atoms with Crippen molar-refractivity contribution in [2.24, 2.45) is 4.99 Å². The molecule has 2 aromatic rings. The lowest BCUT2D eigenvalue weighted by molar-refractivity contribution is 0.228. The Balaban J connectivity index is 1.91. The van der Waals surface area contributed by atoms with Crippen molar-refractivity contribution in [1.82, 2.24) is 9.21 Å². The number of amidine groups is 1. The molecule has 0 bridgehead atoms. The van der Waals surface area contributed by atoms with E-state index in [1.807, 2.05) is 55.5 Å². The summed E-state index contributed by atoms with van der Waals surface area (Å²) in [5, 5.41) is 10.0. The van der Waals surface area contributed by atoms with E-state index in [2.05, 4.69) is 25.3 Å². The van der Waals surface area contributed by atoms with E-state index in [-0.39, 0.29) is 23.7 Å². The maximum absolute atomic E-state index is 14.1. The van der Waals surface area contributed by atoms with Crippen molar-refractivity contribution in [1.29, 1.82) is 0 Å². The normalized spacial score (nSPS) is 19.5. The van der Waals surface area contributed by atoms with Gasteiger partial charge in [0.2, 0.25) is 0 Å². The molecule has 0 fully saturated rings. The summed E-state index contributed by atoms with van der Waals surface area (Å²) in [7, 11) is -3.89. The molecule has 35 heavy (non-hydrogen) atoms. The SMILES string of the molecule is C=C(O)CN1C(CCC)=NC2=C(N(Cc3ccccc3)S(=O)(=O)c3cccc(C)c3)C=CCC21C. The number of aliphatic hydroxyl groups excluding tert-OH is 1. The highest BCUT2D eigenvalue weighted by molar-refractivity contribution is 7.89. The summed E-state index contributed by atoms with van der Waals surface area (Å²) in [6, 6.07) is 16.6. The van der Waals surface area contributed by atoms with Gasteiger partial charge in [-0.05, 0) is 56.0 Å². The monoisotopic (exact) mass is 491 g/mol. The first-order chi connectivity index (χ1) is 16.7. The Morgan fingerprint density at radius 3 is 2.60 bits per heavy atom. The standard InChI is InChI=1S/C28H33N3O3S/c1-5-11-26-29-27-25(16-10-17-28(27,4)30(26)19-22(3)32)31(20-23-13-7-6-8-14-23)35(33,34)24-15-9-12-21(2)18-24/h6-10,12-16,18,32H,3,5,11,17,19-20H2,1-2,4H3. The summed E-state index contributed by atoms with van der Waals surface area (Å²) in [6.07, 6.45) is 6.13. The average Bonchev–Trinajstić information content (AvgIpc) is 3.09. The number of sulfonamides is 1. The lowest BCUT2D eigenvalue weighted by atomic mass is 9.87. The predicted octanol–water partition coefficient (Wildman–Crippen LogP) is 5.70. The zero-order valence-electron chi connectivity index (χ0n) is 20.6. The Bertz CT molecular complexity index is 1310. The molecule has 1 heterocycles. The maximum atomic E-state index is 14.1. The Hall–Kier alpha value is -3.32. The highest BCUT2D eigenvalue weighted by atomic mass is 32.2. The number of benzene rings is 2. The van der Waals surface area contributed by atoms with Crippen molar-refractivity contribution in [3.63, 3.8) is 0 Å². The lowest BCUT2D eigenvalue weighted by Crippen LogP contribution is -2.48. The molecule has 0 saturated carbocycles. The molecule has 7 heteroatoms. The van der Waals surface area contributed by atoms with Crippen molar-refractivity contribution in [2.75, 3.05) is 6.54 Å². The van der Waals surface area contributed by atoms with Crippen LogP contribution < -0.4 is 0 Å². The van der Waals surface area contributed by atoms with Gasteiger partial charge in [-0.2, -0.15) is 0 Å². The van der Waals surface area contributed by atoms with Gasteiger partial charge < -0.3 is 10.0 Å². The van der Waals surface area contributed by atoms with Crippen LogP contribution in [0.4, 0.5) is 0 Å². The molecular formula is C28H33N3O3S. The first kappa shape index (κ1) is 24.8. The molecule has 2 aliphatic rings. The van der Waals surface area contributed by atoms with Gasteiger partial charge in [-0.3, -0.25) is 4.31 Å². The largest absolute Gasteiger partial charge is 0.511 e. The predicted molar refractivity (Wildman–Crippen MR) is 140 cm³/mol. The second-order valence-corrected chi connectivity index (χ2v) is 11.2. The van der Waals surface area contributed by atoms with E-state index in [0.717, 1.165) is 29.8 Å². The number of hydrogen-bond donors (Lipinski definition) is 1. The van der Waals surface area contributed by atoms with E-state index in [1.54, 1.807) is 18.2 Å². The minimum absolute atomic E-state index is 0.0564. The quantitative estimate of drug-likeness (QED) is 0.457. The van der Waals surface area contributed by atoms with E-state index in [0.29, 0.717) is 17.8 Å². The summed E-state index contributed by atoms with van der Waals surface area (Å²) in [6.45, 7) is 10.2. The summed E-state index contributed by atoms with van der Waals surface area (Å²) >= 11 is 0. The van der Waals surface area contributed by atoms with Gasteiger partial charge >= 0.3 is 0 Å². The van der Waals surface area contributed by atoms with Crippen LogP contribution in [0.5, 0.6) is 0 Å². The molecule has 0 aromatic heterocycles. The molecule has 1 atom stereocenters. The smallest absolute Gasteiger partial charge is 0.264 e. The van der Waals surface area contributed by atoms with Gasteiger partial charge in [0, 0.05) is 6.42 Å². The summed E-state index contributed by atoms with van der Waals surface area (Å²) < 4.78 is 29.7. The highest BCUT2D eigenvalue weighted by Gasteiger charge is 2.46. The van der Waals surface area contributed by atoms with Crippen LogP contribution >= 0.6 is 0 Å². The highest BCUT2D eigenvalue weighted by Crippen LogP contribution is 2.43. The van der Waals surface area contributed by atoms with Crippen LogP contribution in [0.15, 0.2) is 100 Å². The Morgan fingerprint density at radius 1 is 1.20 bits per heavy atom. The Morgan fingerprint density at radius 2 is 1.94 bits per heavy atom. The molecule has 0 saturated heterocycles. The second-order valence-electron chi connectivity index (χ2n) is 9.36. The van der Waals surface area contributed by atoms with Crippen molar-refractivity contribution >= 4 is 15.9 Å². The van der Waals surface area contributed by atoms with Gasteiger partial charge in [0.25, 0.3) is 10.0 Å². The molecule has 0 radical (unpaired) electrons. The zero-order chi connectivity index (χ0) is 25.2. The van der Waals surface area contributed by atoms with Crippen molar-refractivity contribution in [3.8, 4) is 0 Å². The molecule has 1 N–H and O–H groups in total. The van der Waals surface area contributed by atoms with E-state index in [4.69, 9.17) is 4.99 Å². The van der Waals surface area contributed by atoms with Crippen molar-refractivity contribution in [3.05, 3.63) is 102 Å². The number of rotatable bonds is 9. The molecule has 1 unspecified atom stereocenters. The molecule has 0 amide bonds. The third-order valence-electron chi connectivity index (χ3n) is 6.52. The first-order valence-corrected chi connectivity index (χ1v) is 13.4. The summed E-state index contributed by atoms with van der Waals surface area (Å²) in [5.74, 6) is 0.898. The molecule has 6 nitrogen and oxygen atoms in total. The third-order valence-corrected chi connectivity index (χ3v) is 8.28. The van der Waals surface area contributed by atoms with Gasteiger partial charge in [-0.15, -0.1) is 0 Å². The minimum atomic E-state index is -3.89. The molecule has 1 aliphatic carbocycles. The maximum Gasteiger partial charge on any atom is 0.264 e. The van der Waals surface area contributed by atoms with Crippen LogP contribution in [0.1, 0.15) is 44.2 Å². The average molecular weight is 492 g/mol. The van der Waals surface area contributed by atoms with E-state index in [1.165, 1.54) is 4.31 Å². The number of nitrogens with zero attached hydrogens (tertiary/aromatic N) is 3. The van der Waals surface area contributed by atoms with Crippen LogP contribution in [0.3, 0.4) is 0 Å². The van der Waals surface area contributed by atoms with Crippen LogP contribution in [-0.4, -0.2) is 40.6 Å². The van der Waals surface area contributed by atoms with E-state index < -0.39 is 15.6 Å². The minimum Gasteiger partial charge on any atom is -0.511 e. The summed E-state index contributed by atoms with van der Waals surface area (Å²) in [5.41, 5.74) is 2.44. The van der Waals surface area contributed by atoms with Gasteiger partial charge in [0.05, 0.1) is 34.9 Å². The van der Waals surface area contributed by atoms with Crippen LogP contribution in [-0.2, 0) is 16.6 Å². The number of aryl methyl sites for hydroxylation is 1. The van der Waals surface area contributed by atoms with E-state index >= 15 is 0 Å². The van der Waals surface area contributed by atoms with Crippen molar-refractivity contribution < 1.29 is 13.5 Å². The number of fused-ring (bicyclic) bond motifs is 1. The fourth-order valence-electron chi connectivity index (χ4n) is 4.76. The fourth-order valence-corrected chi connectivity index (χ4v) is 6.32. The number of aliphatic imine (C=N–C) groups is 1. The fraction of sp³-hybridized carbons (Fsp3) is 0.321. The topological polar surface area (TPSA) is 73.2 Å². The molecule has 4 rings (SSSR count). The van der Waals surface area contributed by atoms with E-state index in [9.17, 15) is 13.5 Å². The van der Waals surface area contributed by atoms with Crippen LogP contribution in [0.25, 0.3) is 0 Å².